The van der Waals surface area contributed by atoms with Crippen LogP contribution in [0.25, 0.3) is 0 Å². The number of rotatable bonds is 4. The minimum atomic E-state index is -0.953. The maximum absolute atomic E-state index is 10.2. The second-order valence-corrected chi connectivity index (χ2v) is 4.40. The van der Waals surface area contributed by atoms with E-state index in [1.165, 1.54) is 6.08 Å². The number of nitrogens with one attached hydrogen (secondary N) is 1. The molecule has 0 bridgehead atoms. The molecule has 1 aromatic rings. The smallest absolute Gasteiger partial charge is 0.328 e. The first-order valence-electron chi connectivity index (χ1n) is 4.18. The van der Waals surface area contributed by atoms with Gasteiger partial charge in [-0.05, 0) is 40.8 Å². The Bertz CT molecular complexity index is 393. The molecule has 1 rings (SSSR count). The standard InChI is InChI=1S/C10H9ClINO2/c11-8-4-3-7(12)6-9(8)13-5-1-2-10(14)15/h1-4,6,13H,5H2,(H,14,15)/b2-1+. The van der Waals surface area contributed by atoms with Crippen molar-refractivity contribution in [1.82, 2.24) is 0 Å². The molecule has 15 heavy (non-hydrogen) atoms. The normalized spacial score (nSPS) is 10.5. The van der Waals surface area contributed by atoms with E-state index in [-0.39, 0.29) is 0 Å². The van der Waals surface area contributed by atoms with E-state index in [0.717, 1.165) is 15.3 Å². The fourth-order valence-corrected chi connectivity index (χ4v) is 1.64. The highest BCUT2D eigenvalue weighted by atomic mass is 127. The molecule has 0 spiro atoms. The molecule has 0 amide bonds. The summed E-state index contributed by atoms with van der Waals surface area (Å²) in [6.07, 6.45) is 2.62. The second kappa shape index (κ2) is 5.97. The van der Waals surface area contributed by atoms with Gasteiger partial charge in [0.25, 0.3) is 0 Å². The molecule has 0 aromatic heterocycles. The molecule has 5 heteroatoms. The molecule has 2 N–H and O–H groups in total. The third kappa shape index (κ3) is 4.53. The van der Waals surface area contributed by atoms with Crippen LogP contribution >= 0.6 is 34.2 Å². The number of hydrogen-bond acceptors (Lipinski definition) is 2. The Morgan fingerprint density at radius 3 is 3.00 bits per heavy atom. The summed E-state index contributed by atoms with van der Waals surface area (Å²) in [4.78, 5) is 10.2. The minimum Gasteiger partial charge on any atom is -0.478 e. The van der Waals surface area contributed by atoms with E-state index in [9.17, 15) is 4.79 Å². The van der Waals surface area contributed by atoms with Crippen molar-refractivity contribution in [2.45, 2.75) is 0 Å². The third-order valence-corrected chi connectivity index (χ3v) is 2.60. The Balaban J connectivity index is 2.57. The van der Waals surface area contributed by atoms with Crippen LogP contribution in [-0.4, -0.2) is 17.6 Å². The summed E-state index contributed by atoms with van der Waals surface area (Å²) in [5, 5.41) is 12.0. The van der Waals surface area contributed by atoms with Crippen molar-refractivity contribution in [3.05, 3.63) is 38.9 Å². The van der Waals surface area contributed by atoms with Crippen LogP contribution in [0.3, 0.4) is 0 Å². The predicted octanol–water partition coefficient (Wildman–Crippen LogP) is 3.00. The topological polar surface area (TPSA) is 49.3 Å². The maximum atomic E-state index is 10.2. The summed E-state index contributed by atoms with van der Waals surface area (Å²) in [6.45, 7) is 0.437. The molecular formula is C10H9ClINO2. The van der Waals surface area contributed by atoms with Gasteiger partial charge in [-0.25, -0.2) is 4.79 Å². The molecule has 0 heterocycles. The second-order valence-electron chi connectivity index (χ2n) is 2.75. The number of aliphatic carboxylic acids is 1. The number of hydrogen-bond donors (Lipinski definition) is 2. The SMILES string of the molecule is O=C(O)/C=C/CNc1cc(I)ccc1Cl. The first-order valence-corrected chi connectivity index (χ1v) is 5.63. The van der Waals surface area contributed by atoms with Gasteiger partial charge >= 0.3 is 5.97 Å². The van der Waals surface area contributed by atoms with Crippen molar-refractivity contribution in [3.63, 3.8) is 0 Å². The molecule has 0 aliphatic carbocycles. The summed E-state index contributed by atoms with van der Waals surface area (Å²) in [5.41, 5.74) is 0.804. The van der Waals surface area contributed by atoms with E-state index >= 15 is 0 Å². The minimum absolute atomic E-state index is 0.437. The van der Waals surface area contributed by atoms with E-state index < -0.39 is 5.97 Å². The van der Waals surface area contributed by atoms with Crippen LogP contribution in [0.2, 0.25) is 5.02 Å². The van der Waals surface area contributed by atoms with Crippen LogP contribution in [0.4, 0.5) is 5.69 Å². The fraction of sp³-hybridized carbons (Fsp3) is 0.100. The summed E-state index contributed by atoms with van der Waals surface area (Å²) in [6, 6.07) is 5.60. The predicted molar refractivity (Wildman–Crippen MR) is 69.4 cm³/mol. The molecule has 1 aromatic carbocycles. The van der Waals surface area contributed by atoms with Gasteiger partial charge in [-0.1, -0.05) is 17.7 Å². The zero-order chi connectivity index (χ0) is 11.3. The van der Waals surface area contributed by atoms with Crippen molar-refractivity contribution in [2.75, 3.05) is 11.9 Å². The molecule has 0 radical (unpaired) electrons. The molecule has 0 saturated carbocycles. The van der Waals surface area contributed by atoms with E-state index in [0.29, 0.717) is 11.6 Å². The average Bonchev–Trinajstić information content (AvgIpc) is 2.17. The van der Waals surface area contributed by atoms with Gasteiger partial charge in [0.05, 0.1) is 10.7 Å². The van der Waals surface area contributed by atoms with Gasteiger partial charge in [-0.3, -0.25) is 0 Å². The van der Waals surface area contributed by atoms with Crippen LogP contribution in [0.1, 0.15) is 0 Å². The van der Waals surface area contributed by atoms with Gasteiger partial charge in [0.15, 0.2) is 0 Å². The number of benzene rings is 1. The lowest BCUT2D eigenvalue weighted by Gasteiger charge is -2.05. The molecular weight excluding hydrogens is 328 g/mol. The Kier molecular flexibility index (Phi) is 4.90. The monoisotopic (exact) mass is 337 g/mol. The number of anilines is 1. The van der Waals surface area contributed by atoms with Gasteiger partial charge in [-0.15, -0.1) is 0 Å². The van der Waals surface area contributed by atoms with Crippen LogP contribution < -0.4 is 5.32 Å². The third-order valence-electron chi connectivity index (χ3n) is 1.60. The average molecular weight is 338 g/mol. The quantitative estimate of drug-likeness (QED) is 0.656. The Morgan fingerprint density at radius 2 is 2.33 bits per heavy atom. The summed E-state index contributed by atoms with van der Waals surface area (Å²) < 4.78 is 1.07. The number of carboxylic acid groups (broad SMARTS) is 1. The number of halogens is 2. The summed E-state index contributed by atoms with van der Waals surface area (Å²) >= 11 is 8.11. The molecule has 80 valence electrons. The summed E-state index contributed by atoms with van der Waals surface area (Å²) in [5.74, 6) is -0.953. The van der Waals surface area contributed by atoms with Gasteiger partial charge in [-0.2, -0.15) is 0 Å². The van der Waals surface area contributed by atoms with Gasteiger partial charge in [0.2, 0.25) is 0 Å². The first-order chi connectivity index (χ1) is 7.09. The van der Waals surface area contributed by atoms with Crippen molar-refractivity contribution in [3.8, 4) is 0 Å². The van der Waals surface area contributed by atoms with Crippen molar-refractivity contribution < 1.29 is 9.90 Å². The van der Waals surface area contributed by atoms with Crippen molar-refractivity contribution in [2.24, 2.45) is 0 Å². The zero-order valence-electron chi connectivity index (χ0n) is 7.71. The number of carbonyl (C=O) groups is 1. The lowest BCUT2D eigenvalue weighted by Crippen LogP contribution is -2.00. The highest BCUT2D eigenvalue weighted by Gasteiger charge is 1.98. The van der Waals surface area contributed by atoms with E-state index in [1.54, 1.807) is 6.07 Å². The van der Waals surface area contributed by atoms with Crippen LogP contribution in [-0.2, 0) is 4.79 Å². The van der Waals surface area contributed by atoms with Crippen LogP contribution in [0.5, 0.6) is 0 Å². The number of carboxylic acids is 1. The summed E-state index contributed by atoms with van der Waals surface area (Å²) in [7, 11) is 0. The molecule has 0 saturated heterocycles. The Labute approximate surface area is 106 Å². The highest BCUT2D eigenvalue weighted by Crippen LogP contribution is 2.23. The fourth-order valence-electron chi connectivity index (χ4n) is 0.962. The molecule has 0 unspecified atom stereocenters. The molecule has 0 aliphatic rings. The van der Waals surface area contributed by atoms with Gasteiger partial charge in [0, 0.05) is 16.2 Å². The Morgan fingerprint density at radius 1 is 1.60 bits per heavy atom. The van der Waals surface area contributed by atoms with E-state index in [4.69, 9.17) is 16.7 Å². The van der Waals surface area contributed by atoms with Crippen LogP contribution in [0.15, 0.2) is 30.4 Å². The molecule has 3 nitrogen and oxygen atoms in total. The first kappa shape index (κ1) is 12.3. The highest BCUT2D eigenvalue weighted by molar-refractivity contribution is 14.1. The van der Waals surface area contributed by atoms with Crippen LogP contribution in [0, 0.1) is 3.57 Å². The molecule has 0 aliphatic heterocycles. The van der Waals surface area contributed by atoms with Crippen molar-refractivity contribution in [1.29, 1.82) is 0 Å². The lowest BCUT2D eigenvalue weighted by molar-refractivity contribution is -0.131. The molecule has 0 atom stereocenters. The maximum Gasteiger partial charge on any atom is 0.328 e. The largest absolute Gasteiger partial charge is 0.478 e. The lowest BCUT2D eigenvalue weighted by atomic mass is 10.3. The van der Waals surface area contributed by atoms with E-state index in [1.807, 2.05) is 12.1 Å². The molecule has 0 fully saturated rings. The van der Waals surface area contributed by atoms with Crippen molar-refractivity contribution >= 4 is 45.8 Å². The zero-order valence-corrected chi connectivity index (χ0v) is 10.6. The Hall–Kier alpha value is -0.750. The van der Waals surface area contributed by atoms with Gasteiger partial charge < -0.3 is 10.4 Å². The van der Waals surface area contributed by atoms with E-state index in [2.05, 4.69) is 27.9 Å². The van der Waals surface area contributed by atoms with Gasteiger partial charge in [0.1, 0.15) is 0 Å².